The lowest BCUT2D eigenvalue weighted by Gasteiger charge is -2.14. The smallest absolute Gasteiger partial charge is 0.175 e. The third-order valence-electron chi connectivity index (χ3n) is 2.99. The molecule has 0 aromatic heterocycles. The molecule has 0 radical (unpaired) electrons. The van der Waals surface area contributed by atoms with Gasteiger partial charge in [0.2, 0.25) is 0 Å². The van der Waals surface area contributed by atoms with Gasteiger partial charge in [0.05, 0.1) is 30.1 Å². The maximum Gasteiger partial charge on any atom is 0.175 e. The molecule has 0 spiro atoms. The molecule has 0 aliphatic carbocycles. The molecule has 23 heavy (non-hydrogen) atoms. The lowest BCUT2D eigenvalue weighted by Crippen LogP contribution is -2.06. The Labute approximate surface area is 145 Å². The van der Waals surface area contributed by atoms with Gasteiger partial charge in [0.1, 0.15) is 0 Å². The molecular formula is C18H21BrN2O2. The molecule has 2 rings (SSSR count). The largest absolute Gasteiger partial charge is 0.493 e. The molecule has 0 aliphatic rings. The molecule has 0 bridgehead atoms. The van der Waals surface area contributed by atoms with Gasteiger partial charge in [-0.2, -0.15) is 5.10 Å². The molecule has 2 aromatic rings. The molecular weight excluding hydrogens is 356 g/mol. The SMILES string of the molecule is COc1cc(C=NNc2ccccc2)cc(Br)c1OCC(C)C. The molecule has 0 amide bonds. The van der Waals surface area contributed by atoms with Crippen molar-refractivity contribution in [2.75, 3.05) is 19.1 Å². The minimum absolute atomic E-state index is 0.447. The number of hydrazone groups is 1. The molecule has 0 heterocycles. The average molecular weight is 377 g/mol. The second-order valence-corrected chi connectivity index (χ2v) is 6.33. The molecule has 0 unspecified atom stereocenters. The summed E-state index contributed by atoms with van der Waals surface area (Å²) >= 11 is 3.54. The topological polar surface area (TPSA) is 42.8 Å². The van der Waals surface area contributed by atoms with E-state index in [9.17, 15) is 0 Å². The Bertz CT molecular complexity index is 658. The molecule has 2 aromatic carbocycles. The molecule has 0 atom stereocenters. The monoisotopic (exact) mass is 376 g/mol. The Kier molecular flexibility index (Phi) is 6.47. The van der Waals surface area contributed by atoms with Crippen LogP contribution in [-0.2, 0) is 0 Å². The van der Waals surface area contributed by atoms with Crippen LogP contribution in [0.15, 0.2) is 52.0 Å². The van der Waals surface area contributed by atoms with Crippen LogP contribution in [-0.4, -0.2) is 19.9 Å². The summed E-state index contributed by atoms with van der Waals surface area (Å²) in [7, 11) is 1.63. The average Bonchev–Trinajstić information content (AvgIpc) is 2.54. The summed E-state index contributed by atoms with van der Waals surface area (Å²) in [4.78, 5) is 0. The lowest BCUT2D eigenvalue weighted by molar-refractivity contribution is 0.255. The Morgan fingerprint density at radius 2 is 1.96 bits per heavy atom. The number of anilines is 1. The number of rotatable bonds is 7. The van der Waals surface area contributed by atoms with Crippen LogP contribution < -0.4 is 14.9 Å². The van der Waals surface area contributed by atoms with E-state index >= 15 is 0 Å². The quantitative estimate of drug-likeness (QED) is 0.549. The highest BCUT2D eigenvalue weighted by molar-refractivity contribution is 9.10. The van der Waals surface area contributed by atoms with Gasteiger partial charge in [-0.15, -0.1) is 0 Å². The van der Waals surface area contributed by atoms with Crippen LogP contribution in [0.2, 0.25) is 0 Å². The number of nitrogens with zero attached hydrogens (tertiary/aromatic N) is 1. The third kappa shape index (κ3) is 5.28. The molecule has 0 aliphatic heterocycles. The van der Waals surface area contributed by atoms with Crippen LogP contribution in [0.1, 0.15) is 19.4 Å². The van der Waals surface area contributed by atoms with Crippen molar-refractivity contribution >= 4 is 27.8 Å². The second kappa shape index (κ2) is 8.58. The van der Waals surface area contributed by atoms with Gasteiger partial charge >= 0.3 is 0 Å². The second-order valence-electron chi connectivity index (χ2n) is 5.47. The van der Waals surface area contributed by atoms with E-state index in [-0.39, 0.29) is 0 Å². The molecule has 5 heteroatoms. The summed E-state index contributed by atoms with van der Waals surface area (Å²) in [5.41, 5.74) is 4.83. The van der Waals surface area contributed by atoms with E-state index in [4.69, 9.17) is 9.47 Å². The van der Waals surface area contributed by atoms with Crippen LogP contribution >= 0.6 is 15.9 Å². The van der Waals surface area contributed by atoms with Crippen molar-refractivity contribution in [3.8, 4) is 11.5 Å². The fourth-order valence-corrected chi connectivity index (χ4v) is 2.47. The molecule has 0 fully saturated rings. The minimum Gasteiger partial charge on any atom is -0.493 e. The Balaban J connectivity index is 2.12. The fourth-order valence-electron chi connectivity index (χ4n) is 1.90. The van der Waals surface area contributed by atoms with Crippen molar-refractivity contribution in [3.63, 3.8) is 0 Å². The van der Waals surface area contributed by atoms with Crippen LogP contribution in [0.5, 0.6) is 11.5 Å². The van der Waals surface area contributed by atoms with E-state index < -0.39 is 0 Å². The van der Waals surface area contributed by atoms with Crippen molar-refractivity contribution in [2.24, 2.45) is 11.0 Å². The van der Waals surface area contributed by atoms with Crippen LogP contribution in [0.3, 0.4) is 0 Å². The predicted molar refractivity (Wildman–Crippen MR) is 98.7 cm³/mol. The van der Waals surface area contributed by atoms with Crippen molar-refractivity contribution in [1.29, 1.82) is 0 Å². The van der Waals surface area contributed by atoms with Crippen LogP contribution in [0.4, 0.5) is 5.69 Å². The van der Waals surface area contributed by atoms with Gasteiger partial charge in [-0.1, -0.05) is 32.0 Å². The molecule has 0 saturated carbocycles. The first kappa shape index (κ1) is 17.3. The highest BCUT2D eigenvalue weighted by atomic mass is 79.9. The minimum atomic E-state index is 0.447. The summed E-state index contributed by atoms with van der Waals surface area (Å²) in [6.07, 6.45) is 1.74. The fraction of sp³-hybridized carbons (Fsp3) is 0.278. The number of methoxy groups -OCH3 is 1. The van der Waals surface area contributed by atoms with E-state index in [0.717, 1.165) is 21.5 Å². The summed E-state index contributed by atoms with van der Waals surface area (Å²) in [5.74, 6) is 1.85. The van der Waals surface area contributed by atoms with E-state index in [1.807, 2.05) is 42.5 Å². The van der Waals surface area contributed by atoms with Crippen molar-refractivity contribution in [2.45, 2.75) is 13.8 Å². The summed E-state index contributed by atoms with van der Waals surface area (Å²) in [6.45, 7) is 4.85. The highest BCUT2D eigenvalue weighted by Gasteiger charge is 2.11. The third-order valence-corrected chi connectivity index (χ3v) is 3.58. The first-order valence-corrected chi connectivity index (χ1v) is 8.24. The van der Waals surface area contributed by atoms with Gasteiger partial charge in [0.15, 0.2) is 11.5 Å². The maximum atomic E-state index is 5.82. The number of hydrogen-bond acceptors (Lipinski definition) is 4. The Morgan fingerprint density at radius 3 is 2.61 bits per heavy atom. The predicted octanol–water partition coefficient (Wildman–Crippen LogP) is 4.94. The van der Waals surface area contributed by atoms with Crippen LogP contribution in [0, 0.1) is 5.92 Å². The van der Waals surface area contributed by atoms with Gasteiger partial charge in [-0.3, -0.25) is 5.43 Å². The summed E-state index contributed by atoms with van der Waals surface area (Å²) < 4.78 is 12.1. The van der Waals surface area contributed by atoms with Crippen molar-refractivity contribution < 1.29 is 9.47 Å². The number of hydrogen-bond donors (Lipinski definition) is 1. The standard InChI is InChI=1S/C18H21BrN2O2/c1-13(2)12-23-18-16(19)9-14(10-17(18)22-3)11-20-21-15-7-5-4-6-8-15/h4-11,13,21H,12H2,1-3H3. The van der Waals surface area contributed by atoms with E-state index in [0.29, 0.717) is 18.3 Å². The molecule has 4 nitrogen and oxygen atoms in total. The van der Waals surface area contributed by atoms with Crippen molar-refractivity contribution in [3.05, 3.63) is 52.5 Å². The normalized spacial score (nSPS) is 11.0. The summed E-state index contributed by atoms with van der Waals surface area (Å²) in [5, 5.41) is 4.24. The Hall–Kier alpha value is -2.01. The molecule has 122 valence electrons. The number of benzene rings is 2. The highest BCUT2D eigenvalue weighted by Crippen LogP contribution is 2.36. The number of nitrogens with one attached hydrogen (secondary N) is 1. The first-order valence-electron chi connectivity index (χ1n) is 7.44. The van der Waals surface area contributed by atoms with E-state index in [1.54, 1.807) is 13.3 Å². The van der Waals surface area contributed by atoms with Crippen molar-refractivity contribution in [1.82, 2.24) is 0 Å². The number of halogens is 1. The van der Waals surface area contributed by atoms with Gasteiger partial charge in [-0.25, -0.2) is 0 Å². The first-order chi connectivity index (χ1) is 11.1. The number of para-hydroxylation sites is 1. The molecule has 0 saturated heterocycles. The zero-order chi connectivity index (χ0) is 16.7. The van der Waals surface area contributed by atoms with Crippen LogP contribution in [0.25, 0.3) is 0 Å². The van der Waals surface area contributed by atoms with E-state index in [2.05, 4.69) is 40.3 Å². The lowest BCUT2D eigenvalue weighted by atomic mass is 10.2. The van der Waals surface area contributed by atoms with Gasteiger partial charge in [0.25, 0.3) is 0 Å². The van der Waals surface area contributed by atoms with Gasteiger partial charge < -0.3 is 9.47 Å². The van der Waals surface area contributed by atoms with Gasteiger partial charge in [-0.05, 0) is 51.7 Å². The summed E-state index contributed by atoms with van der Waals surface area (Å²) in [6, 6.07) is 13.6. The van der Waals surface area contributed by atoms with E-state index in [1.165, 1.54) is 0 Å². The zero-order valence-corrected chi connectivity index (χ0v) is 15.1. The van der Waals surface area contributed by atoms with Gasteiger partial charge in [0, 0.05) is 0 Å². The Morgan fingerprint density at radius 1 is 1.22 bits per heavy atom. The number of ether oxygens (including phenoxy) is 2. The molecule has 1 N–H and O–H groups in total. The zero-order valence-electron chi connectivity index (χ0n) is 13.5. The maximum absolute atomic E-state index is 5.82.